The van der Waals surface area contributed by atoms with E-state index in [4.69, 9.17) is 11.6 Å². The third-order valence-electron chi connectivity index (χ3n) is 2.87. The van der Waals surface area contributed by atoms with Gasteiger partial charge in [0.05, 0.1) is 0 Å². The van der Waals surface area contributed by atoms with Crippen molar-refractivity contribution in [1.29, 1.82) is 0 Å². The molecule has 72 valence electrons. The van der Waals surface area contributed by atoms with Crippen molar-refractivity contribution in [2.24, 2.45) is 0 Å². The van der Waals surface area contributed by atoms with Crippen molar-refractivity contribution in [3.63, 3.8) is 0 Å². The topological polar surface area (TPSA) is 3.24 Å². The highest BCUT2D eigenvalue weighted by molar-refractivity contribution is 6.18. The lowest BCUT2D eigenvalue weighted by molar-refractivity contribution is 0.195. The van der Waals surface area contributed by atoms with Crippen LogP contribution in [0, 0.1) is 0 Å². The van der Waals surface area contributed by atoms with Gasteiger partial charge in [-0.2, -0.15) is 0 Å². The lowest BCUT2D eigenvalue weighted by Crippen LogP contribution is -2.38. The summed E-state index contributed by atoms with van der Waals surface area (Å²) in [5.41, 5.74) is 0. The first kappa shape index (κ1) is 10.3. The molecule has 0 aliphatic carbocycles. The molecule has 0 aromatic heterocycles. The van der Waals surface area contributed by atoms with E-state index in [9.17, 15) is 0 Å². The van der Waals surface area contributed by atoms with E-state index in [0.717, 1.165) is 11.9 Å². The van der Waals surface area contributed by atoms with Crippen LogP contribution in [0.3, 0.4) is 0 Å². The van der Waals surface area contributed by atoms with Crippen LogP contribution in [0.2, 0.25) is 0 Å². The summed E-state index contributed by atoms with van der Waals surface area (Å²) in [6, 6.07) is 1.40. The Kier molecular flexibility index (Phi) is 4.38. The van der Waals surface area contributed by atoms with E-state index in [1.807, 2.05) is 0 Å². The first-order valence-corrected chi connectivity index (χ1v) is 5.64. The first-order valence-electron chi connectivity index (χ1n) is 5.11. The van der Waals surface area contributed by atoms with E-state index < -0.39 is 0 Å². The van der Waals surface area contributed by atoms with Crippen LogP contribution in [0.5, 0.6) is 0 Å². The number of halogens is 1. The molecular formula is C10H20ClN. The molecule has 1 heterocycles. The molecule has 1 rings (SSSR count). The lowest BCUT2D eigenvalue weighted by Gasteiger charge is -2.29. The molecular weight excluding hydrogens is 170 g/mol. The summed E-state index contributed by atoms with van der Waals surface area (Å²) in [6.07, 6.45) is 5.24. The number of likely N-dealkylation sites (tertiary alicyclic amines) is 1. The molecule has 1 nitrogen and oxygen atoms in total. The van der Waals surface area contributed by atoms with Crippen LogP contribution in [-0.2, 0) is 0 Å². The zero-order valence-electron chi connectivity index (χ0n) is 8.22. The Morgan fingerprint density at radius 2 is 2.33 bits per heavy atom. The van der Waals surface area contributed by atoms with Crippen LogP contribution in [-0.4, -0.2) is 29.4 Å². The Bertz CT molecular complexity index is 127. The van der Waals surface area contributed by atoms with Gasteiger partial charge in [-0.25, -0.2) is 0 Å². The van der Waals surface area contributed by atoms with Crippen LogP contribution < -0.4 is 0 Å². The molecule has 1 fully saturated rings. The molecule has 2 heteroatoms. The van der Waals surface area contributed by atoms with Gasteiger partial charge in [0.25, 0.3) is 0 Å². The van der Waals surface area contributed by atoms with Gasteiger partial charge in [-0.1, -0.05) is 13.3 Å². The second-order valence-electron chi connectivity index (χ2n) is 3.83. The van der Waals surface area contributed by atoms with Crippen molar-refractivity contribution < 1.29 is 0 Å². The fourth-order valence-electron chi connectivity index (χ4n) is 2.19. The summed E-state index contributed by atoms with van der Waals surface area (Å²) in [7, 11) is 0. The van der Waals surface area contributed by atoms with Gasteiger partial charge in [-0.15, -0.1) is 11.6 Å². The molecule has 0 bridgehead atoms. The van der Waals surface area contributed by atoms with E-state index >= 15 is 0 Å². The van der Waals surface area contributed by atoms with Gasteiger partial charge < -0.3 is 0 Å². The monoisotopic (exact) mass is 189 g/mol. The van der Waals surface area contributed by atoms with Crippen LogP contribution in [0.1, 0.15) is 39.5 Å². The van der Waals surface area contributed by atoms with Crippen LogP contribution in [0.15, 0.2) is 0 Å². The Hall–Kier alpha value is 0.250. The molecule has 1 saturated heterocycles. The zero-order chi connectivity index (χ0) is 8.97. The smallest absolute Gasteiger partial charge is 0.0379 e. The van der Waals surface area contributed by atoms with Crippen LogP contribution in [0.4, 0.5) is 0 Å². The summed E-state index contributed by atoms with van der Waals surface area (Å²) in [5, 5.41) is 0. The summed E-state index contributed by atoms with van der Waals surface area (Å²) in [6.45, 7) is 5.84. The highest BCUT2D eigenvalue weighted by Gasteiger charge is 2.26. The van der Waals surface area contributed by atoms with Gasteiger partial charge in [0.1, 0.15) is 0 Å². The summed E-state index contributed by atoms with van der Waals surface area (Å²) in [5.74, 6) is 0.814. The highest BCUT2D eigenvalue weighted by Crippen LogP contribution is 2.22. The first-order chi connectivity index (χ1) is 5.79. The Labute approximate surface area is 81.1 Å². The minimum Gasteiger partial charge on any atom is -0.297 e. The maximum Gasteiger partial charge on any atom is 0.0379 e. The Morgan fingerprint density at radius 3 is 2.92 bits per heavy atom. The second kappa shape index (κ2) is 5.08. The maximum atomic E-state index is 5.91. The third kappa shape index (κ3) is 2.37. The SMILES string of the molecule is CCCC(C)N1CCCC1CCl. The van der Waals surface area contributed by atoms with Gasteiger partial charge in [0.2, 0.25) is 0 Å². The standard InChI is InChI=1S/C10H20ClN/c1-3-5-9(2)12-7-4-6-10(12)8-11/h9-10H,3-8H2,1-2H3. The third-order valence-corrected chi connectivity index (χ3v) is 3.23. The predicted molar refractivity (Wildman–Crippen MR) is 54.8 cm³/mol. The molecule has 0 saturated carbocycles. The van der Waals surface area contributed by atoms with Gasteiger partial charge in [-0.05, 0) is 32.7 Å². The molecule has 0 spiro atoms. The van der Waals surface area contributed by atoms with Crippen molar-refractivity contribution in [2.75, 3.05) is 12.4 Å². The van der Waals surface area contributed by atoms with Crippen LogP contribution >= 0.6 is 11.6 Å². The quantitative estimate of drug-likeness (QED) is 0.615. The lowest BCUT2D eigenvalue weighted by atomic mass is 10.1. The molecule has 0 amide bonds. The minimum atomic E-state index is 0.660. The molecule has 0 aromatic carbocycles. The zero-order valence-corrected chi connectivity index (χ0v) is 8.98. The molecule has 12 heavy (non-hydrogen) atoms. The molecule has 1 aliphatic rings. The number of rotatable bonds is 4. The van der Waals surface area contributed by atoms with Crippen molar-refractivity contribution in [2.45, 2.75) is 51.6 Å². The van der Waals surface area contributed by atoms with Gasteiger partial charge >= 0.3 is 0 Å². The number of hydrogen-bond donors (Lipinski definition) is 0. The van der Waals surface area contributed by atoms with Crippen molar-refractivity contribution >= 4 is 11.6 Å². The van der Waals surface area contributed by atoms with E-state index in [0.29, 0.717) is 6.04 Å². The Morgan fingerprint density at radius 1 is 1.58 bits per heavy atom. The Balaban J connectivity index is 2.38. The van der Waals surface area contributed by atoms with E-state index in [1.165, 1.54) is 32.2 Å². The van der Waals surface area contributed by atoms with Crippen molar-refractivity contribution in [1.82, 2.24) is 4.90 Å². The number of hydrogen-bond acceptors (Lipinski definition) is 1. The molecule has 0 aromatic rings. The number of alkyl halides is 1. The highest BCUT2D eigenvalue weighted by atomic mass is 35.5. The van der Waals surface area contributed by atoms with Crippen molar-refractivity contribution in [3.05, 3.63) is 0 Å². The number of nitrogens with zero attached hydrogens (tertiary/aromatic N) is 1. The fraction of sp³-hybridized carbons (Fsp3) is 1.00. The normalized spacial score (nSPS) is 27.8. The average molecular weight is 190 g/mol. The molecule has 1 aliphatic heterocycles. The summed E-state index contributed by atoms with van der Waals surface area (Å²) >= 11 is 5.91. The minimum absolute atomic E-state index is 0.660. The van der Waals surface area contributed by atoms with Gasteiger partial charge in [0, 0.05) is 18.0 Å². The summed E-state index contributed by atoms with van der Waals surface area (Å²) < 4.78 is 0. The largest absolute Gasteiger partial charge is 0.297 e. The van der Waals surface area contributed by atoms with Crippen LogP contribution in [0.25, 0.3) is 0 Å². The fourth-order valence-corrected chi connectivity index (χ4v) is 2.52. The molecule has 0 radical (unpaired) electrons. The van der Waals surface area contributed by atoms with Gasteiger partial charge in [0.15, 0.2) is 0 Å². The van der Waals surface area contributed by atoms with E-state index in [-0.39, 0.29) is 0 Å². The van der Waals surface area contributed by atoms with Gasteiger partial charge in [-0.3, -0.25) is 4.90 Å². The summed E-state index contributed by atoms with van der Waals surface area (Å²) in [4.78, 5) is 2.58. The second-order valence-corrected chi connectivity index (χ2v) is 4.13. The van der Waals surface area contributed by atoms with E-state index in [1.54, 1.807) is 0 Å². The molecule has 2 unspecified atom stereocenters. The maximum absolute atomic E-state index is 5.91. The predicted octanol–water partition coefficient (Wildman–Crippen LogP) is 2.88. The van der Waals surface area contributed by atoms with E-state index in [2.05, 4.69) is 18.7 Å². The molecule has 2 atom stereocenters. The van der Waals surface area contributed by atoms with Crippen molar-refractivity contribution in [3.8, 4) is 0 Å². The average Bonchev–Trinajstić information content (AvgIpc) is 2.51. The molecule has 0 N–H and O–H groups in total.